The van der Waals surface area contributed by atoms with E-state index < -0.39 is 0 Å². The molecule has 1 aromatic heterocycles. The number of nitrogens with zero attached hydrogens (tertiary/aromatic N) is 2. The molecule has 0 fully saturated rings. The van der Waals surface area contributed by atoms with Gasteiger partial charge in [0.05, 0.1) is 8.47 Å². The molecule has 6 heteroatoms. The van der Waals surface area contributed by atoms with E-state index in [0.717, 1.165) is 5.56 Å². The second-order valence-electron chi connectivity index (χ2n) is 2.91. The minimum Gasteiger partial charge on any atom is -0.244 e. The highest BCUT2D eigenvalue weighted by molar-refractivity contribution is 8.35. The summed E-state index contributed by atoms with van der Waals surface area (Å²) in [6.07, 6.45) is 5.27. The molecule has 80 valence electrons. The molecule has 1 aromatic rings. The summed E-state index contributed by atoms with van der Waals surface area (Å²) in [5.74, 6) is 0. The van der Waals surface area contributed by atoms with Crippen molar-refractivity contribution >= 4 is 52.0 Å². The Morgan fingerprint density at radius 1 is 0.875 bits per heavy atom. The summed E-state index contributed by atoms with van der Waals surface area (Å²) in [4.78, 5) is 9.31. The quantitative estimate of drug-likeness (QED) is 0.760. The lowest BCUT2D eigenvalue weighted by Gasteiger charge is -2.01. The van der Waals surface area contributed by atoms with Gasteiger partial charge in [-0.2, -0.15) is 0 Å². The first kappa shape index (κ1) is 10.8. The molecule has 3 heterocycles. The van der Waals surface area contributed by atoms with Crippen LogP contribution in [0.25, 0.3) is 4.91 Å². The molecule has 0 N–H and O–H groups in total. The van der Waals surface area contributed by atoms with Gasteiger partial charge < -0.3 is 0 Å². The van der Waals surface area contributed by atoms with Crippen molar-refractivity contribution in [3.8, 4) is 0 Å². The normalized spacial score (nSPS) is 19.4. The molecule has 0 radical (unpaired) electrons. The minimum atomic E-state index is 1.09. The van der Waals surface area contributed by atoms with Gasteiger partial charge in [0.15, 0.2) is 0 Å². The van der Waals surface area contributed by atoms with Gasteiger partial charge in [-0.05, 0) is 16.2 Å². The zero-order valence-electron chi connectivity index (χ0n) is 7.99. The summed E-state index contributed by atoms with van der Waals surface area (Å²) in [6.45, 7) is 0. The maximum absolute atomic E-state index is 4.04. The third-order valence-electron chi connectivity index (χ3n) is 1.89. The van der Waals surface area contributed by atoms with Gasteiger partial charge >= 0.3 is 0 Å². The average Bonchev–Trinajstić information content (AvgIpc) is 3.01. The van der Waals surface area contributed by atoms with Gasteiger partial charge in [-0.3, -0.25) is 0 Å². The third kappa shape index (κ3) is 2.20. The van der Waals surface area contributed by atoms with E-state index >= 15 is 0 Å². The molecule has 0 saturated heterocycles. The first-order valence-electron chi connectivity index (χ1n) is 4.46. The van der Waals surface area contributed by atoms with Crippen LogP contribution < -0.4 is 0 Å². The van der Waals surface area contributed by atoms with Crippen LogP contribution in [-0.4, -0.2) is 9.97 Å². The summed E-state index contributed by atoms with van der Waals surface area (Å²) in [6, 6.07) is 0. The van der Waals surface area contributed by atoms with Gasteiger partial charge in [0.2, 0.25) is 0 Å². The first-order valence-corrected chi connectivity index (χ1v) is 7.92. The van der Waals surface area contributed by atoms with Crippen molar-refractivity contribution < 1.29 is 0 Å². The number of aromatic nitrogens is 2. The largest absolute Gasteiger partial charge is 0.244 e. The predicted octanol–water partition coefficient (Wildman–Crippen LogP) is 4.33. The van der Waals surface area contributed by atoms with Crippen LogP contribution in [0.5, 0.6) is 0 Å². The second kappa shape index (κ2) is 4.91. The van der Waals surface area contributed by atoms with Gasteiger partial charge in [-0.25, -0.2) is 9.97 Å². The van der Waals surface area contributed by atoms with Crippen molar-refractivity contribution in [2.45, 2.75) is 0 Å². The Bertz CT molecular complexity index is 483. The van der Waals surface area contributed by atoms with E-state index in [9.17, 15) is 0 Å². The van der Waals surface area contributed by atoms with Crippen molar-refractivity contribution in [3.05, 3.63) is 49.0 Å². The molecule has 0 unspecified atom stereocenters. The van der Waals surface area contributed by atoms with Gasteiger partial charge in [-0.15, -0.1) is 0 Å². The van der Waals surface area contributed by atoms with E-state index in [1.54, 1.807) is 53.4 Å². The molecule has 16 heavy (non-hydrogen) atoms. The molecule has 0 aromatic carbocycles. The highest BCUT2D eigenvalue weighted by Gasteiger charge is 2.19. The molecule has 0 bridgehead atoms. The fourth-order valence-corrected chi connectivity index (χ4v) is 5.65. The standard InChI is InChI=1S/C10H6N2S4/c1-2-14-9(13-1)10-15-5-8(16-10)7-3-11-6-12-4-7/h1-6H. The van der Waals surface area contributed by atoms with Crippen LogP contribution in [0.1, 0.15) is 5.56 Å². The van der Waals surface area contributed by atoms with E-state index in [1.165, 1.54) is 13.4 Å². The highest BCUT2D eigenvalue weighted by Crippen LogP contribution is 2.55. The highest BCUT2D eigenvalue weighted by atomic mass is 32.2. The summed E-state index contributed by atoms with van der Waals surface area (Å²) in [7, 11) is 0. The predicted molar refractivity (Wildman–Crippen MR) is 76.5 cm³/mol. The van der Waals surface area contributed by atoms with Crippen molar-refractivity contribution in [1.29, 1.82) is 0 Å². The summed E-state index contributed by atoms with van der Waals surface area (Å²) in [5, 5.41) is 6.42. The molecule has 2 aliphatic heterocycles. The van der Waals surface area contributed by atoms with Gasteiger partial charge in [0, 0.05) is 22.9 Å². The van der Waals surface area contributed by atoms with Crippen molar-refractivity contribution in [2.75, 3.05) is 0 Å². The molecule has 2 nitrogen and oxygen atoms in total. The maximum Gasteiger partial charge on any atom is 0.115 e. The average molecular weight is 282 g/mol. The van der Waals surface area contributed by atoms with Crippen molar-refractivity contribution in [2.24, 2.45) is 0 Å². The van der Waals surface area contributed by atoms with Crippen LogP contribution in [0.2, 0.25) is 0 Å². The number of hydrogen-bond donors (Lipinski definition) is 0. The van der Waals surface area contributed by atoms with Gasteiger partial charge in [0.1, 0.15) is 6.33 Å². The molecular formula is C10H6N2S4. The Balaban J connectivity index is 1.80. The van der Waals surface area contributed by atoms with E-state index in [4.69, 9.17) is 0 Å². The number of thioether (sulfide) groups is 4. The Hall–Kier alpha value is -0.300. The Morgan fingerprint density at radius 2 is 1.62 bits per heavy atom. The summed E-state index contributed by atoms with van der Waals surface area (Å²) in [5.41, 5.74) is 1.09. The van der Waals surface area contributed by atoms with Crippen molar-refractivity contribution in [1.82, 2.24) is 9.97 Å². The van der Waals surface area contributed by atoms with Crippen LogP contribution >= 0.6 is 47.0 Å². The first-order chi connectivity index (χ1) is 7.93. The zero-order valence-corrected chi connectivity index (χ0v) is 11.3. The van der Waals surface area contributed by atoms with E-state index in [2.05, 4.69) is 26.2 Å². The van der Waals surface area contributed by atoms with Crippen LogP contribution in [0.3, 0.4) is 0 Å². The second-order valence-corrected chi connectivity index (χ2v) is 7.19. The monoisotopic (exact) mass is 282 g/mol. The Labute approximate surface area is 110 Å². The third-order valence-corrected chi connectivity index (χ3v) is 6.96. The van der Waals surface area contributed by atoms with Gasteiger partial charge in [-0.1, -0.05) is 47.0 Å². The zero-order chi connectivity index (χ0) is 10.8. The topological polar surface area (TPSA) is 25.8 Å². The number of rotatable bonds is 1. The molecule has 0 aliphatic carbocycles. The summed E-state index contributed by atoms with van der Waals surface area (Å²) < 4.78 is 2.73. The SMILES string of the molecule is C1=CSC(=C2SC=C(c3cncnc3)S2)S1. The van der Waals surface area contributed by atoms with Crippen LogP contribution in [0, 0.1) is 0 Å². The van der Waals surface area contributed by atoms with E-state index in [0.29, 0.717) is 0 Å². The molecule has 0 spiro atoms. The fourth-order valence-electron chi connectivity index (χ4n) is 1.20. The Kier molecular flexibility index (Phi) is 3.32. The maximum atomic E-state index is 4.04. The lowest BCUT2D eigenvalue weighted by atomic mass is 10.3. The molecule has 0 amide bonds. The van der Waals surface area contributed by atoms with E-state index in [1.807, 2.05) is 12.4 Å². The fraction of sp³-hybridized carbons (Fsp3) is 0. The number of hydrogen-bond acceptors (Lipinski definition) is 6. The smallest absolute Gasteiger partial charge is 0.115 e. The summed E-state index contributed by atoms with van der Waals surface area (Å²) >= 11 is 7.17. The minimum absolute atomic E-state index is 1.09. The van der Waals surface area contributed by atoms with E-state index in [-0.39, 0.29) is 0 Å². The lowest BCUT2D eigenvalue weighted by molar-refractivity contribution is 1.16. The van der Waals surface area contributed by atoms with Crippen LogP contribution in [0.4, 0.5) is 0 Å². The Morgan fingerprint density at radius 3 is 2.38 bits per heavy atom. The van der Waals surface area contributed by atoms with Crippen LogP contribution in [-0.2, 0) is 0 Å². The molecule has 0 saturated carbocycles. The molecule has 2 aliphatic rings. The van der Waals surface area contributed by atoms with Crippen LogP contribution in [0.15, 0.2) is 43.4 Å². The lowest BCUT2D eigenvalue weighted by Crippen LogP contribution is -1.81. The molecule has 0 atom stereocenters. The molecular weight excluding hydrogens is 276 g/mol. The van der Waals surface area contributed by atoms with Crippen molar-refractivity contribution in [3.63, 3.8) is 0 Å². The van der Waals surface area contributed by atoms with Gasteiger partial charge in [0.25, 0.3) is 0 Å². The molecule has 3 rings (SSSR count).